The number of nitrogens with zero attached hydrogens (tertiary/aromatic N) is 3. The largest absolute Gasteiger partial charge is 0.356 e. The molecule has 4 rings (SSSR count). The Hall–Kier alpha value is -0.810. The molecule has 2 bridgehead atoms. The predicted octanol–water partition coefficient (Wildman–Crippen LogP) is -0.685. The molecule has 3 saturated heterocycles. The van der Waals surface area contributed by atoms with Crippen molar-refractivity contribution in [3.63, 3.8) is 0 Å². The third-order valence-corrected chi connectivity index (χ3v) is 4.04. The highest BCUT2D eigenvalue weighted by Crippen LogP contribution is 2.14. The zero-order chi connectivity index (χ0) is 11.5. The molecule has 17 heavy (non-hydrogen) atoms. The van der Waals surface area contributed by atoms with E-state index in [0.717, 1.165) is 25.6 Å². The average Bonchev–Trinajstić information content (AvgIpc) is 2.66. The van der Waals surface area contributed by atoms with Crippen molar-refractivity contribution in [2.75, 3.05) is 52.4 Å². The second kappa shape index (κ2) is 5.23. The summed E-state index contributed by atoms with van der Waals surface area (Å²) in [6.45, 7) is 9.29. The SMILES string of the molecule is C1CCNC(NC[C@H]2CN3CCN2CC3)=NC1. The topological polar surface area (TPSA) is 42.9 Å². The lowest BCUT2D eigenvalue weighted by atomic mass is 10.1. The molecule has 1 atom stereocenters. The maximum Gasteiger partial charge on any atom is 0.191 e. The predicted molar refractivity (Wildman–Crippen MR) is 69.3 cm³/mol. The number of rotatable bonds is 2. The van der Waals surface area contributed by atoms with E-state index in [4.69, 9.17) is 0 Å². The highest BCUT2D eigenvalue weighted by Gasteiger charge is 2.31. The van der Waals surface area contributed by atoms with Crippen LogP contribution in [-0.4, -0.2) is 74.2 Å². The number of guanidine groups is 1. The molecule has 5 nitrogen and oxygen atoms in total. The van der Waals surface area contributed by atoms with E-state index < -0.39 is 0 Å². The number of hydrogen-bond donors (Lipinski definition) is 2. The maximum atomic E-state index is 4.53. The van der Waals surface area contributed by atoms with Crippen LogP contribution < -0.4 is 10.6 Å². The fourth-order valence-corrected chi connectivity index (χ4v) is 2.94. The van der Waals surface area contributed by atoms with Gasteiger partial charge in [-0.1, -0.05) is 0 Å². The van der Waals surface area contributed by atoms with Gasteiger partial charge in [-0.3, -0.25) is 14.8 Å². The average molecular weight is 237 g/mol. The van der Waals surface area contributed by atoms with Gasteiger partial charge in [0.05, 0.1) is 0 Å². The molecule has 96 valence electrons. The van der Waals surface area contributed by atoms with Gasteiger partial charge in [-0.05, 0) is 12.8 Å². The van der Waals surface area contributed by atoms with Crippen LogP contribution in [0.15, 0.2) is 4.99 Å². The standard InChI is InChI=1S/C12H23N5/c1-2-4-14-12(13-3-1)15-9-11-10-16-5-7-17(11)8-6-16/h11H,1-10H2,(H2,13,14,15)/t11-/m0/s1. The summed E-state index contributed by atoms with van der Waals surface area (Å²) < 4.78 is 0. The summed E-state index contributed by atoms with van der Waals surface area (Å²) in [5.74, 6) is 1.01. The number of piperazine rings is 3. The number of nitrogens with one attached hydrogen (secondary N) is 2. The van der Waals surface area contributed by atoms with Gasteiger partial charge >= 0.3 is 0 Å². The lowest BCUT2D eigenvalue weighted by molar-refractivity contribution is 0.0154. The molecular weight excluding hydrogens is 214 g/mol. The van der Waals surface area contributed by atoms with Gasteiger partial charge in [0.15, 0.2) is 5.96 Å². The minimum Gasteiger partial charge on any atom is -0.356 e. The van der Waals surface area contributed by atoms with Crippen LogP contribution in [0.5, 0.6) is 0 Å². The van der Waals surface area contributed by atoms with Gasteiger partial charge < -0.3 is 10.6 Å². The molecule has 5 heteroatoms. The summed E-state index contributed by atoms with van der Waals surface area (Å²) in [4.78, 5) is 9.73. The smallest absolute Gasteiger partial charge is 0.191 e. The molecule has 0 aromatic heterocycles. The van der Waals surface area contributed by atoms with E-state index in [1.165, 1.54) is 45.6 Å². The van der Waals surface area contributed by atoms with Gasteiger partial charge in [-0.2, -0.15) is 0 Å². The Morgan fingerprint density at radius 1 is 1.24 bits per heavy atom. The number of fused-ring (bicyclic) bond motifs is 3. The lowest BCUT2D eigenvalue weighted by Gasteiger charge is -2.47. The van der Waals surface area contributed by atoms with Crippen LogP contribution in [0, 0.1) is 0 Å². The normalized spacial score (nSPS) is 36.9. The maximum absolute atomic E-state index is 4.53. The van der Waals surface area contributed by atoms with Crippen molar-refractivity contribution in [3.8, 4) is 0 Å². The van der Waals surface area contributed by atoms with Crippen molar-refractivity contribution in [2.45, 2.75) is 18.9 Å². The van der Waals surface area contributed by atoms with E-state index in [1.54, 1.807) is 0 Å². The van der Waals surface area contributed by atoms with E-state index in [1.807, 2.05) is 0 Å². The van der Waals surface area contributed by atoms with Gasteiger partial charge in [0, 0.05) is 58.4 Å². The Kier molecular flexibility index (Phi) is 3.47. The van der Waals surface area contributed by atoms with Crippen molar-refractivity contribution in [2.24, 2.45) is 4.99 Å². The van der Waals surface area contributed by atoms with Crippen molar-refractivity contribution in [3.05, 3.63) is 0 Å². The molecule has 3 fully saturated rings. The summed E-state index contributed by atoms with van der Waals surface area (Å²) in [5.41, 5.74) is 0. The summed E-state index contributed by atoms with van der Waals surface area (Å²) >= 11 is 0. The Bertz CT molecular complexity index is 283. The van der Waals surface area contributed by atoms with Crippen molar-refractivity contribution >= 4 is 5.96 Å². The molecule has 0 spiro atoms. The Labute approximate surface area is 103 Å². The van der Waals surface area contributed by atoms with Crippen molar-refractivity contribution in [1.29, 1.82) is 0 Å². The number of hydrogen-bond acceptors (Lipinski definition) is 5. The fourth-order valence-electron chi connectivity index (χ4n) is 2.94. The summed E-state index contributed by atoms with van der Waals surface area (Å²) in [6, 6.07) is 0.672. The van der Waals surface area contributed by atoms with Gasteiger partial charge in [0.25, 0.3) is 0 Å². The van der Waals surface area contributed by atoms with E-state index >= 15 is 0 Å². The third kappa shape index (κ3) is 2.72. The van der Waals surface area contributed by atoms with Crippen LogP contribution in [-0.2, 0) is 0 Å². The van der Waals surface area contributed by atoms with Crippen LogP contribution in [0.1, 0.15) is 12.8 Å². The van der Waals surface area contributed by atoms with Crippen LogP contribution in [0.25, 0.3) is 0 Å². The van der Waals surface area contributed by atoms with Gasteiger partial charge in [0.1, 0.15) is 0 Å². The first-order valence-corrected chi connectivity index (χ1v) is 6.90. The molecule has 0 aromatic carbocycles. The Morgan fingerprint density at radius 2 is 2.12 bits per heavy atom. The first-order valence-electron chi connectivity index (χ1n) is 6.90. The van der Waals surface area contributed by atoms with E-state index in [2.05, 4.69) is 25.4 Å². The third-order valence-electron chi connectivity index (χ3n) is 4.04. The Balaban J connectivity index is 1.49. The molecule has 0 aromatic rings. The van der Waals surface area contributed by atoms with Crippen molar-refractivity contribution in [1.82, 2.24) is 20.4 Å². The fraction of sp³-hybridized carbons (Fsp3) is 0.917. The molecule has 4 heterocycles. The van der Waals surface area contributed by atoms with E-state index in [0.29, 0.717) is 6.04 Å². The van der Waals surface area contributed by atoms with Crippen LogP contribution in [0.4, 0.5) is 0 Å². The number of aliphatic imine (C=N–C) groups is 1. The summed E-state index contributed by atoms with van der Waals surface area (Å²) in [7, 11) is 0. The van der Waals surface area contributed by atoms with Crippen LogP contribution in [0.2, 0.25) is 0 Å². The van der Waals surface area contributed by atoms with Crippen molar-refractivity contribution < 1.29 is 0 Å². The second-order valence-corrected chi connectivity index (χ2v) is 5.24. The summed E-state index contributed by atoms with van der Waals surface area (Å²) in [5, 5.41) is 6.86. The van der Waals surface area contributed by atoms with E-state index in [9.17, 15) is 0 Å². The molecule has 0 saturated carbocycles. The van der Waals surface area contributed by atoms with Crippen LogP contribution >= 0.6 is 0 Å². The molecule has 2 N–H and O–H groups in total. The minimum absolute atomic E-state index is 0.672. The highest BCUT2D eigenvalue weighted by atomic mass is 15.4. The molecule has 4 aliphatic rings. The molecule has 4 aliphatic heterocycles. The summed E-state index contributed by atoms with van der Waals surface area (Å²) in [6.07, 6.45) is 2.44. The first kappa shape index (κ1) is 11.3. The zero-order valence-electron chi connectivity index (χ0n) is 10.5. The zero-order valence-corrected chi connectivity index (χ0v) is 10.5. The van der Waals surface area contributed by atoms with Gasteiger partial charge in [0.2, 0.25) is 0 Å². The molecule has 0 unspecified atom stereocenters. The Morgan fingerprint density at radius 3 is 2.88 bits per heavy atom. The van der Waals surface area contributed by atoms with Crippen LogP contribution in [0.3, 0.4) is 0 Å². The molecule has 0 amide bonds. The quantitative estimate of drug-likeness (QED) is 0.667. The molecule has 0 radical (unpaired) electrons. The van der Waals surface area contributed by atoms with Gasteiger partial charge in [-0.15, -0.1) is 0 Å². The highest BCUT2D eigenvalue weighted by molar-refractivity contribution is 5.79. The van der Waals surface area contributed by atoms with Gasteiger partial charge in [-0.25, -0.2) is 0 Å². The molecule has 0 aliphatic carbocycles. The lowest BCUT2D eigenvalue weighted by Crippen LogP contribution is -2.63. The van der Waals surface area contributed by atoms with E-state index in [-0.39, 0.29) is 0 Å². The minimum atomic E-state index is 0.672. The monoisotopic (exact) mass is 237 g/mol. The molecular formula is C12H23N5. The second-order valence-electron chi connectivity index (χ2n) is 5.24. The first-order chi connectivity index (χ1) is 8.42.